The van der Waals surface area contributed by atoms with Gasteiger partial charge in [-0.05, 0) is 37.1 Å². The maximum Gasteiger partial charge on any atom is 0.434 e. The van der Waals surface area contributed by atoms with E-state index in [4.69, 9.17) is 11.6 Å². The van der Waals surface area contributed by atoms with Crippen molar-refractivity contribution in [2.75, 3.05) is 31.1 Å². The molecule has 1 fully saturated rings. The highest BCUT2D eigenvalue weighted by atomic mass is 35.5. The van der Waals surface area contributed by atoms with Crippen molar-refractivity contribution in [1.82, 2.24) is 14.7 Å². The number of benzene rings is 1. The van der Waals surface area contributed by atoms with Gasteiger partial charge >= 0.3 is 6.18 Å². The lowest BCUT2D eigenvalue weighted by molar-refractivity contribution is -0.145. The monoisotopic (exact) mass is 446 g/mol. The quantitative estimate of drug-likeness (QED) is 0.618. The summed E-state index contributed by atoms with van der Waals surface area (Å²) in [5, 5.41) is 3.56. The second kappa shape index (κ2) is 9.24. The van der Waals surface area contributed by atoms with Gasteiger partial charge in [0.15, 0.2) is 5.69 Å². The summed E-state index contributed by atoms with van der Waals surface area (Å²) in [5.41, 5.74) is -0.0735. The van der Waals surface area contributed by atoms with E-state index in [9.17, 15) is 22.4 Å². The third-order valence-corrected chi connectivity index (χ3v) is 5.50. The van der Waals surface area contributed by atoms with E-state index in [1.54, 1.807) is 12.1 Å². The number of hydrogen-bond acceptors (Lipinski definition) is 3. The van der Waals surface area contributed by atoms with Crippen molar-refractivity contribution >= 4 is 23.2 Å². The van der Waals surface area contributed by atoms with Gasteiger partial charge in [0.1, 0.15) is 12.4 Å². The normalized spacial score (nSPS) is 15.0. The zero-order valence-electron chi connectivity index (χ0n) is 16.6. The lowest BCUT2D eigenvalue weighted by Crippen LogP contribution is -2.49. The van der Waals surface area contributed by atoms with E-state index >= 15 is 0 Å². The van der Waals surface area contributed by atoms with Crippen LogP contribution in [-0.4, -0.2) is 46.8 Å². The van der Waals surface area contributed by atoms with Crippen LogP contribution in [0.2, 0.25) is 5.02 Å². The van der Waals surface area contributed by atoms with Crippen molar-refractivity contribution in [3.05, 3.63) is 46.5 Å². The predicted octanol–water partition coefficient (Wildman–Crippen LogP) is 4.39. The largest absolute Gasteiger partial charge is 0.434 e. The minimum Gasteiger partial charge on any atom is -0.368 e. The molecule has 1 aliphatic heterocycles. The summed E-state index contributed by atoms with van der Waals surface area (Å²) in [6.45, 7) is 3.13. The average Bonchev–Trinajstić information content (AvgIpc) is 3.02. The molecule has 0 atom stereocenters. The molecule has 164 valence electrons. The molecule has 0 N–H and O–H groups in total. The van der Waals surface area contributed by atoms with Gasteiger partial charge in [-0.25, -0.2) is 9.07 Å². The number of carbonyl (C=O) groups excluding carboxylic acids is 1. The summed E-state index contributed by atoms with van der Waals surface area (Å²) < 4.78 is 54.3. The zero-order chi connectivity index (χ0) is 21.9. The van der Waals surface area contributed by atoms with E-state index in [1.165, 1.54) is 17.0 Å². The standard InChI is InChI=1S/C20H23ClF4N4O/c1-2-3-4-16-18(21)19(20(23,24)25)29(26-16)13-17(30)28-11-9-27(10-12-28)15-7-5-14(22)6-8-15/h5-8H,2-4,9-13H2,1H3. The van der Waals surface area contributed by atoms with Crippen LogP contribution in [-0.2, 0) is 23.9 Å². The first-order valence-electron chi connectivity index (χ1n) is 9.81. The Morgan fingerprint density at radius 2 is 1.77 bits per heavy atom. The number of rotatable bonds is 6. The minimum atomic E-state index is -4.70. The number of nitrogens with zero attached hydrogens (tertiary/aromatic N) is 4. The van der Waals surface area contributed by atoms with Gasteiger partial charge in [-0.1, -0.05) is 24.9 Å². The first-order valence-corrected chi connectivity index (χ1v) is 10.2. The molecule has 2 heterocycles. The van der Waals surface area contributed by atoms with E-state index in [1.807, 2.05) is 11.8 Å². The van der Waals surface area contributed by atoms with Crippen LogP contribution in [0, 0.1) is 5.82 Å². The van der Waals surface area contributed by atoms with E-state index < -0.39 is 29.3 Å². The summed E-state index contributed by atoms with van der Waals surface area (Å²) in [5.74, 6) is -0.773. The summed E-state index contributed by atoms with van der Waals surface area (Å²) >= 11 is 5.96. The Hall–Kier alpha value is -2.29. The van der Waals surface area contributed by atoms with E-state index in [2.05, 4.69) is 5.10 Å². The number of aryl methyl sites for hydroxylation is 1. The number of carbonyl (C=O) groups is 1. The number of hydrogen-bond donors (Lipinski definition) is 0. The summed E-state index contributed by atoms with van der Waals surface area (Å²) in [6, 6.07) is 6.05. The number of piperazine rings is 1. The highest BCUT2D eigenvalue weighted by molar-refractivity contribution is 6.32. The molecule has 1 amide bonds. The molecule has 30 heavy (non-hydrogen) atoms. The van der Waals surface area contributed by atoms with E-state index in [-0.39, 0.29) is 11.5 Å². The maximum absolute atomic E-state index is 13.5. The van der Waals surface area contributed by atoms with Crippen molar-refractivity contribution in [3.63, 3.8) is 0 Å². The number of aromatic nitrogens is 2. The number of amides is 1. The van der Waals surface area contributed by atoms with Gasteiger partial charge in [0, 0.05) is 31.9 Å². The van der Waals surface area contributed by atoms with Crippen LogP contribution in [0.4, 0.5) is 23.2 Å². The van der Waals surface area contributed by atoms with E-state index in [0.717, 1.165) is 12.1 Å². The fraction of sp³-hybridized carbons (Fsp3) is 0.500. The molecule has 1 saturated heterocycles. The van der Waals surface area contributed by atoms with Gasteiger partial charge in [0.2, 0.25) is 5.91 Å². The third-order valence-electron chi connectivity index (χ3n) is 5.11. The maximum atomic E-state index is 13.5. The molecule has 0 saturated carbocycles. The van der Waals surface area contributed by atoms with Gasteiger partial charge < -0.3 is 9.80 Å². The predicted molar refractivity (Wildman–Crippen MR) is 106 cm³/mol. The number of anilines is 1. The smallest absolute Gasteiger partial charge is 0.368 e. The number of alkyl halides is 3. The average molecular weight is 447 g/mol. The Morgan fingerprint density at radius 3 is 2.33 bits per heavy atom. The fourth-order valence-corrected chi connectivity index (χ4v) is 3.81. The Balaban J connectivity index is 1.68. The second-order valence-electron chi connectivity index (χ2n) is 7.21. The van der Waals surface area contributed by atoms with Gasteiger partial charge in [-0.15, -0.1) is 0 Å². The van der Waals surface area contributed by atoms with Crippen LogP contribution in [0.5, 0.6) is 0 Å². The molecule has 0 radical (unpaired) electrons. The highest BCUT2D eigenvalue weighted by Crippen LogP contribution is 2.37. The Labute approximate surface area is 177 Å². The summed E-state index contributed by atoms with van der Waals surface area (Å²) in [4.78, 5) is 16.2. The molecule has 1 aliphatic rings. The van der Waals surface area contributed by atoms with Crippen molar-refractivity contribution < 1.29 is 22.4 Å². The van der Waals surface area contributed by atoms with Crippen LogP contribution in [0.3, 0.4) is 0 Å². The Bertz CT molecular complexity index is 874. The molecule has 0 spiro atoms. The SMILES string of the molecule is CCCCc1nn(CC(=O)N2CCN(c3ccc(F)cc3)CC2)c(C(F)(F)F)c1Cl. The van der Waals surface area contributed by atoms with Crippen LogP contribution in [0.1, 0.15) is 31.2 Å². The minimum absolute atomic E-state index is 0.166. The lowest BCUT2D eigenvalue weighted by atomic mass is 10.2. The molecule has 1 aromatic heterocycles. The van der Waals surface area contributed by atoms with E-state index in [0.29, 0.717) is 43.7 Å². The fourth-order valence-electron chi connectivity index (χ4n) is 3.47. The van der Waals surface area contributed by atoms with Crippen molar-refractivity contribution in [1.29, 1.82) is 0 Å². The van der Waals surface area contributed by atoms with Gasteiger partial charge in [0.05, 0.1) is 10.7 Å². The molecule has 0 unspecified atom stereocenters. The highest BCUT2D eigenvalue weighted by Gasteiger charge is 2.40. The topological polar surface area (TPSA) is 41.4 Å². The molecule has 5 nitrogen and oxygen atoms in total. The lowest BCUT2D eigenvalue weighted by Gasteiger charge is -2.36. The molecule has 10 heteroatoms. The van der Waals surface area contributed by atoms with Gasteiger partial charge in [-0.3, -0.25) is 4.79 Å². The Morgan fingerprint density at radius 1 is 1.13 bits per heavy atom. The molecule has 3 rings (SSSR count). The first kappa shape index (κ1) is 22.4. The van der Waals surface area contributed by atoms with Crippen molar-refractivity contribution in [3.8, 4) is 0 Å². The van der Waals surface area contributed by atoms with Gasteiger partial charge in [0.25, 0.3) is 0 Å². The molecular formula is C20H23ClF4N4O. The molecular weight excluding hydrogens is 424 g/mol. The van der Waals surface area contributed by atoms with Crippen LogP contribution >= 0.6 is 11.6 Å². The van der Waals surface area contributed by atoms with Crippen LogP contribution in [0.25, 0.3) is 0 Å². The summed E-state index contributed by atoms with van der Waals surface area (Å²) in [7, 11) is 0. The molecule has 2 aromatic rings. The van der Waals surface area contributed by atoms with Crippen molar-refractivity contribution in [2.45, 2.75) is 38.9 Å². The zero-order valence-corrected chi connectivity index (χ0v) is 17.3. The number of halogens is 5. The molecule has 0 aliphatic carbocycles. The third kappa shape index (κ3) is 5.06. The molecule has 1 aromatic carbocycles. The first-order chi connectivity index (χ1) is 14.2. The summed E-state index contributed by atoms with van der Waals surface area (Å²) in [6.07, 6.45) is -2.92. The second-order valence-corrected chi connectivity index (χ2v) is 7.59. The van der Waals surface area contributed by atoms with Gasteiger partial charge in [-0.2, -0.15) is 18.3 Å². The van der Waals surface area contributed by atoms with Crippen LogP contribution in [0.15, 0.2) is 24.3 Å². The van der Waals surface area contributed by atoms with Crippen molar-refractivity contribution in [2.24, 2.45) is 0 Å². The number of unbranched alkanes of at least 4 members (excludes halogenated alkanes) is 1. The van der Waals surface area contributed by atoms with Crippen LogP contribution < -0.4 is 4.90 Å². The Kier molecular flexibility index (Phi) is 6.90. The molecule has 0 bridgehead atoms.